The number of hydrogen-bond donors (Lipinski definition) is 1. The van der Waals surface area contributed by atoms with Crippen LogP contribution in [0.15, 0.2) is 35.4 Å². The van der Waals surface area contributed by atoms with Crippen LogP contribution in [-0.2, 0) is 11.3 Å². The largest absolute Gasteiger partial charge is 0.352 e. The molecule has 1 aliphatic rings. The van der Waals surface area contributed by atoms with Gasteiger partial charge in [0.25, 0.3) is 5.78 Å². The van der Waals surface area contributed by atoms with Crippen molar-refractivity contribution in [3.05, 3.63) is 62.2 Å². The molecule has 0 bridgehead atoms. The van der Waals surface area contributed by atoms with E-state index in [0.717, 1.165) is 28.7 Å². The molecule has 0 aliphatic heterocycles. The molecule has 1 aromatic carbocycles. The summed E-state index contributed by atoms with van der Waals surface area (Å²) in [5.74, 6) is 0.434. The van der Waals surface area contributed by atoms with Crippen molar-refractivity contribution in [3.63, 3.8) is 0 Å². The van der Waals surface area contributed by atoms with Gasteiger partial charge in [0.15, 0.2) is 0 Å². The summed E-state index contributed by atoms with van der Waals surface area (Å²) in [5.41, 5.74) is 1.47. The minimum absolute atomic E-state index is 0.188. The number of carbonyl (C=O) groups is 1. The number of hydrogen-bond acceptors (Lipinski definition) is 4. The lowest BCUT2D eigenvalue weighted by atomic mass is 10.1. The number of rotatable bonds is 5. The summed E-state index contributed by atoms with van der Waals surface area (Å²) in [4.78, 5) is 29.1. The van der Waals surface area contributed by atoms with Crippen molar-refractivity contribution in [3.8, 4) is 0 Å². The summed E-state index contributed by atoms with van der Waals surface area (Å²) in [7, 11) is 0. The van der Waals surface area contributed by atoms with Gasteiger partial charge in [-0.25, -0.2) is 18.9 Å². The average molecular weight is 406 g/mol. The second-order valence-electron chi connectivity index (χ2n) is 6.73. The maximum Gasteiger partial charge on any atom is 0.352 e. The Morgan fingerprint density at radius 1 is 1.33 bits per heavy atom. The first-order valence-corrected chi connectivity index (χ1v) is 9.37. The van der Waals surface area contributed by atoms with Crippen LogP contribution in [0.25, 0.3) is 5.78 Å². The summed E-state index contributed by atoms with van der Waals surface area (Å²) in [6.45, 7) is 1.64. The molecule has 1 atom stereocenters. The highest BCUT2D eigenvalue weighted by atomic mass is 35.5. The fourth-order valence-corrected chi connectivity index (χ4v) is 3.25. The summed E-state index contributed by atoms with van der Waals surface area (Å²) in [6.07, 6.45) is 5.74. The fraction of sp³-hybridized carbons (Fsp3) is 0.333. The fourth-order valence-electron chi connectivity index (χ4n) is 2.94. The molecule has 2 heterocycles. The zero-order chi connectivity index (χ0) is 19.1. The monoisotopic (exact) mass is 405 g/mol. The van der Waals surface area contributed by atoms with Crippen molar-refractivity contribution >= 4 is 34.9 Å². The third kappa shape index (κ3) is 3.70. The van der Waals surface area contributed by atoms with Crippen molar-refractivity contribution < 1.29 is 4.79 Å². The van der Waals surface area contributed by atoms with Crippen molar-refractivity contribution in [2.24, 2.45) is 0 Å². The molecule has 0 unspecified atom stereocenters. The number of aromatic nitrogens is 4. The van der Waals surface area contributed by atoms with Gasteiger partial charge in [0.2, 0.25) is 5.91 Å². The van der Waals surface area contributed by atoms with Crippen LogP contribution in [0.3, 0.4) is 0 Å². The highest BCUT2D eigenvalue weighted by Gasteiger charge is 2.25. The van der Waals surface area contributed by atoms with Crippen LogP contribution in [0, 0.1) is 0 Å². The molecule has 9 heteroatoms. The molecule has 7 nitrogen and oxygen atoms in total. The summed E-state index contributed by atoms with van der Waals surface area (Å²) in [6, 6.07) is 4.88. The Hall–Kier alpha value is -2.38. The predicted molar refractivity (Wildman–Crippen MR) is 102 cm³/mol. The lowest BCUT2D eigenvalue weighted by Gasteiger charge is -2.14. The number of nitrogens with one attached hydrogen (secondary N) is 1. The molecule has 1 amide bonds. The molecule has 0 saturated heterocycles. The number of fused-ring (bicyclic) bond motifs is 1. The van der Waals surface area contributed by atoms with E-state index in [4.69, 9.17) is 23.2 Å². The van der Waals surface area contributed by atoms with Gasteiger partial charge in [-0.15, -0.1) is 5.10 Å². The van der Waals surface area contributed by atoms with Gasteiger partial charge in [0.05, 0.1) is 16.1 Å². The molecule has 4 rings (SSSR count). The van der Waals surface area contributed by atoms with Crippen molar-refractivity contribution in [1.82, 2.24) is 24.5 Å². The van der Waals surface area contributed by atoms with Crippen LogP contribution in [-0.4, -0.2) is 25.1 Å². The van der Waals surface area contributed by atoms with Crippen LogP contribution in [0.5, 0.6) is 0 Å². The van der Waals surface area contributed by atoms with E-state index in [2.05, 4.69) is 15.4 Å². The van der Waals surface area contributed by atoms with Crippen molar-refractivity contribution in [2.75, 3.05) is 0 Å². The number of benzene rings is 1. The quantitative estimate of drug-likeness (QED) is 0.707. The van der Waals surface area contributed by atoms with Gasteiger partial charge < -0.3 is 5.32 Å². The maximum absolute atomic E-state index is 12.5. The van der Waals surface area contributed by atoms with Crippen LogP contribution >= 0.6 is 23.2 Å². The van der Waals surface area contributed by atoms with E-state index in [-0.39, 0.29) is 30.0 Å². The topological polar surface area (TPSA) is 81.3 Å². The normalized spacial score (nSPS) is 15.1. The number of halogens is 2. The SMILES string of the molecule is C[C@H](NC(=O)Cn1nc2ncc(C3CC3)cn2c1=O)c1ccc(Cl)c(Cl)c1. The first-order chi connectivity index (χ1) is 12.9. The molecule has 27 heavy (non-hydrogen) atoms. The number of carbonyl (C=O) groups excluding carboxylic acids is 1. The zero-order valence-corrected chi connectivity index (χ0v) is 16.0. The molecule has 2 aromatic heterocycles. The van der Waals surface area contributed by atoms with E-state index >= 15 is 0 Å². The van der Waals surface area contributed by atoms with E-state index < -0.39 is 0 Å². The lowest BCUT2D eigenvalue weighted by molar-refractivity contribution is -0.122. The summed E-state index contributed by atoms with van der Waals surface area (Å²) in [5, 5.41) is 7.84. The average Bonchev–Trinajstić information content (AvgIpc) is 3.44. The smallest absolute Gasteiger partial charge is 0.348 e. The van der Waals surface area contributed by atoms with Crippen LogP contribution in [0.2, 0.25) is 10.0 Å². The van der Waals surface area contributed by atoms with Crippen LogP contribution < -0.4 is 11.0 Å². The third-order valence-electron chi connectivity index (χ3n) is 4.62. The molecule has 1 aliphatic carbocycles. The van der Waals surface area contributed by atoms with Crippen molar-refractivity contribution in [1.29, 1.82) is 0 Å². The Balaban J connectivity index is 1.49. The second kappa shape index (κ2) is 6.98. The Morgan fingerprint density at radius 2 is 2.11 bits per heavy atom. The zero-order valence-electron chi connectivity index (χ0n) is 14.5. The Bertz CT molecular complexity index is 1090. The highest BCUT2D eigenvalue weighted by molar-refractivity contribution is 6.42. The van der Waals surface area contributed by atoms with Gasteiger partial charge in [-0.3, -0.25) is 4.79 Å². The van der Waals surface area contributed by atoms with E-state index in [0.29, 0.717) is 16.0 Å². The van der Waals surface area contributed by atoms with Gasteiger partial charge in [-0.2, -0.15) is 0 Å². The summed E-state index contributed by atoms with van der Waals surface area (Å²) >= 11 is 11.9. The first kappa shape index (κ1) is 18.0. The molecule has 3 aromatic rings. The molecule has 140 valence electrons. The Morgan fingerprint density at radius 3 is 2.81 bits per heavy atom. The first-order valence-electron chi connectivity index (χ1n) is 8.62. The van der Waals surface area contributed by atoms with Crippen molar-refractivity contribution in [2.45, 2.75) is 38.3 Å². The minimum Gasteiger partial charge on any atom is -0.348 e. The van der Waals surface area contributed by atoms with E-state index in [1.807, 2.05) is 6.92 Å². The van der Waals surface area contributed by atoms with Crippen LogP contribution in [0.4, 0.5) is 0 Å². The highest BCUT2D eigenvalue weighted by Crippen LogP contribution is 2.39. The van der Waals surface area contributed by atoms with Gasteiger partial charge >= 0.3 is 5.69 Å². The predicted octanol–water partition coefficient (Wildman–Crippen LogP) is 2.95. The third-order valence-corrected chi connectivity index (χ3v) is 5.36. The standard InChI is InChI=1S/C18H17Cl2N5O2/c1-10(12-4-5-14(19)15(20)6-12)22-16(26)9-25-18(27)24-8-13(11-2-3-11)7-21-17(24)23-25/h4-8,10-11H,2-3,9H2,1H3,(H,22,26)/t10-/m0/s1. The number of amides is 1. The molecular formula is C18H17Cl2N5O2. The Labute approximate surface area is 164 Å². The van der Waals surface area contributed by atoms with E-state index in [1.54, 1.807) is 30.6 Å². The molecule has 1 saturated carbocycles. The van der Waals surface area contributed by atoms with Gasteiger partial charge in [0, 0.05) is 12.4 Å². The number of nitrogens with zero attached hydrogens (tertiary/aromatic N) is 4. The summed E-state index contributed by atoms with van der Waals surface area (Å²) < 4.78 is 2.51. The van der Waals surface area contributed by atoms with E-state index in [9.17, 15) is 9.59 Å². The van der Waals surface area contributed by atoms with Crippen LogP contribution in [0.1, 0.15) is 42.9 Å². The molecule has 1 N–H and O–H groups in total. The van der Waals surface area contributed by atoms with E-state index in [1.165, 1.54) is 4.40 Å². The maximum atomic E-state index is 12.5. The van der Waals surface area contributed by atoms with Gasteiger partial charge in [0.1, 0.15) is 6.54 Å². The lowest BCUT2D eigenvalue weighted by Crippen LogP contribution is -2.34. The molecule has 0 spiro atoms. The molecular weight excluding hydrogens is 389 g/mol. The van der Waals surface area contributed by atoms with Gasteiger partial charge in [-0.1, -0.05) is 29.3 Å². The minimum atomic E-state index is -0.377. The van der Waals surface area contributed by atoms with Gasteiger partial charge in [-0.05, 0) is 48.9 Å². The molecule has 1 fully saturated rings. The Kier molecular flexibility index (Phi) is 4.65. The second-order valence-corrected chi connectivity index (χ2v) is 7.55. The molecule has 0 radical (unpaired) electrons.